The molecule has 0 aliphatic heterocycles. The highest BCUT2D eigenvalue weighted by molar-refractivity contribution is 6.13. The van der Waals surface area contributed by atoms with Crippen LogP contribution in [0.4, 0.5) is 5.69 Å². The highest BCUT2D eigenvalue weighted by Gasteiger charge is 2.13. The van der Waals surface area contributed by atoms with Crippen LogP contribution >= 0.6 is 0 Å². The van der Waals surface area contributed by atoms with E-state index in [-0.39, 0.29) is 5.91 Å². The van der Waals surface area contributed by atoms with Crippen molar-refractivity contribution in [2.24, 2.45) is 0 Å². The quantitative estimate of drug-likeness (QED) is 0.365. The van der Waals surface area contributed by atoms with Crippen molar-refractivity contribution in [3.05, 3.63) is 113 Å². The highest BCUT2D eigenvalue weighted by atomic mass is 16.4. The lowest BCUT2D eigenvalue weighted by Crippen LogP contribution is -2.12. The zero-order valence-corrected chi connectivity index (χ0v) is 16.9. The van der Waals surface area contributed by atoms with Crippen molar-refractivity contribution in [1.82, 2.24) is 0 Å². The minimum Gasteiger partial charge on any atom is -0.422 e. The Morgan fingerprint density at radius 2 is 1.58 bits per heavy atom. The average Bonchev–Trinajstić information content (AvgIpc) is 2.79. The molecule has 0 fully saturated rings. The van der Waals surface area contributed by atoms with E-state index in [0.717, 1.165) is 21.7 Å². The van der Waals surface area contributed by atoms with Crippen LogP contribution < -0.4 is 10.9 Å². The van der Waals surface area contributed by atoms with Crippen molar-refractivity contribution in [3.8, 4) is 11.1 Å². The van der Waals surface area contributed by atoms with Crippen LogP contribution in [0.2, 0.25) is 0 Å². The van der Waals surface area contributed by atoms with Crippen LogP contribution in [-0.4, -0.2) is 5.91 Å². The van der Waals surface area contributed by atoms with Crippen molar-refractivity contribution in [3.63, 3.8) is 0 Å². The second-order valence-electron chi connectivity index (χ2n) is 7.50. The number of nitrogens with one attached hydrogen (secondary N) is 1. The van der Waals surface area contributed by atoms with E-state index in [2.05, 4.69) is 5.32 Å². The van der Waals surface area contributed by atoms with Crippen LogP contribution in [0.1, 0.15) is 15.9 Å². The molecule has 0 saturated heterocycles. The van der Waals surface area contributed by atoms with Crippen LogP contribution in [0.5, 0.6) is 0 Å². The lowest BCUT2D eigenvalue weighted by atomic mass is 9.99. The molecular weight excluding hydrogens is 386 g/mol. The molecule has 5 aromatic rings. The van der Waals surface area contributed by atoms with Gasteiger partial charge in [0.2, 0.25) is 0 Å². The topological polar surface area (TPSA) is 59.3 Å². The molecule has 0 atom stereocenters. The van der Waals surface area contributed by atoms with E-state index in [4.69, 9.17) is 4.42 Å². The van der Waals surface area contributed by atoms with Gasteiger partial charge in [-0.25, -0.2) is 4.79 Å². The number of hydrogen-bond donors (Lipinski definition) is 1. The summed E-state index contributed by atoms with van der Waals surface area (Å²) in [6.45, 7) is 2.03. The maximum absolute atomic E-state index is 13.0. The van der Waals surface area contributed by atoms with Gasteiger partial charge >= 0.3 is 5.63 Å². The van der Waals surface area contributed by atoms with Gasteiger partial charge in [-0.05, 0) is 59.2 Å². The molecule has 0 spiro atoms. The van der Waals surface area contributed by atoms with Gasteiger partial charge in [-0.1, -0.05) is 60.7 Å². The zero-order chi connectivity index (χ0) is 21.4. The van der Waals surface area contributed by atoms with Crippen LogP contribution in [-0.2, 0) is 0 Å². The molecule has 4 aromatic carbocycles. The zero-order valence-electron chi connectivity index (χ0n) is 16.9. The third-order valence-corrected chi connectivity index (χ3v) is 5.46. The summed E-state index contributed by atoms with van der Waals surface area (Å²) in [6.07, 6.45) is 0. The smallest absolute Gasteiger partial charge is 0.344 e. The van der Waals surface area contributed by atoms with Gasteiger partial charge in [-0.3, -0.25) is 4.79 Å². The van der Waals surface area contributed by atoms with Crippen LogP contribution in [0.15, 0.2) is 100 Å². The van der Waals surface area contributed by atoms with E-state index < -0.39 is 5.63 Å². The first kappa shape index (κ1) is 18.8. The van der Waals surface area contributed by atoms with Gasteiger partial charge in [0.15, 0.2) is 0 Å². The first-order chi connectivity index (χ1) is 15.1. The van der Waals surface area contributed by atoms with E-state index >= 15 is 0 Å². The molecule has 1 amide bonds. The Morgan fingerprint density at radius 1 is 0.806 bits per heavy atom. The maximum atomic E-state index is 13.0. The number of carbonyl (C=O) groups excluding carboxylic acids is 1. The van der Waals surface area contributed by atoms with E-state index in [1.165, 1.54) is 0 Å². The predicted molar refractivity (Wildman–Crippen MR) is 125 cm³/mol. The summed E-state index contributed by atoms with van der Waals surface area (Å²) < 4.78 is 5.45. The number of rotatable bonds is 3. The fourth-order valence-electron chi connectivity index (χ4n) is 3.87. The highest BCUT2D eigenvalue weighted by Crippen LogP contribution is 2.26. The first-order valence-electron chi connectivity index (χ1n) is 10.0. The van der Waals surface area contributed by atoms with E-state index in [0.29, 0.717) is 28.0 Å². The van der Waals surface area contributed by atoms with Crippen molar-refractivity contribution in [2.75, 3.05) is 5.32 Å². The van der Waals surface area contributed by atoms with Crippen LogP contribution in [0.3, 0.4) is 0 Å². The lowest BCUT2D eigenvalue weighted by Gasteiger charge is -2.11. The Labute approximate surface area is 178 Å². The molecule has 0 aliphatic carbocycles. The Balaban J connectivity index is 1.51. The van der Waals surface area contributed by atoms with Crippen LogP contribution in [0.25, 0.3) is 32.9 Å². The summed E-state index contributed by atoms with van der Waals surface area (Å²) in [6, 6.07) is 28.1. The van der Waals surface area contributed by atoms with Gasteiger partial charge < -0.3 is 9.73 Å². The van der Waals surface area contributed by atoms with Gasteiger partial charge in [0.1, 0.15) is 5.58 Å². The molecule has 1 heterocycles. The lowest BCUT2D eigenvalue weighted by molar-refractivity contribution is 0.102. The van der Waals surface area contributed by atoms with Gasteiger partial charge in [0.05, 0.1) is 5.56 Å². The Bertz CT molecular complexity index is 1510. The van der Waals surface area contributed by atoms with Gasteiger partial charge in [0, 0.05) is 16.6 Å². The summed E-state index contributed by atoms with van der Waals surface area (Å²) >= 11 is 0. The molecule has 31 heavy (non-hydrogen) atoms. The minimum atomic E-state index is -0.410. The number of para-hydroxylation sites is 1. The average molecular weight is 405 g/mol. The number of benzene rings is 4. The molecule has 1 N–H and O–H groups in total. The largest absolute Gasteiger partial charge is 0.422 e. The van der Waals surface area contributed by atoms with Crippen molar-refractivity contribution >= 4 is 33.3 Å². The third kappa shape index (κ3) is 3.49. The normalized spacial score (nSPS) is 11.0. The molecular formula is C27H19NO3. The second kappa shape index (κ2) is 7.58. The SMILES string of the molecule is Cc1ccc(C(=O)Nc2cccc(-c3cc4ccccc4oc3=O)c2)c2ccccc12. The Morgan fingerprint density at radius 3 is 2.45 bits per heavy atom. The number of aryl methyl sites for hydroxylation is 1. The van der Waals surface area contributed by atoms with Gasteiger partial charge in [0.25, 0.3) is 5.91 Å². The van der Waals surface area contributed by atoms with Crippen LogP contribution in [0, 0.1) is 6.92 Å². The second-order valence-corrected chi connectivity index (χ2v) is 7.50. The molecule has 0 saturated carbocycles. The number of amides is 1. The number of carbonyl (C=O) groups is 1. The Kier molecular flexibility index (Phi) is 4.60. The molecule has 0 unspecified atom stereocenters. The molecule has 0 radical (unpaired) electrons. The summed E-state index contributed by atoms with van der Waals surface area (Å²) in [5.41, 5.74) is 3.62. The molecule has 4 heteroatoms. The Hall–Kier alpha value is -4.18. The first-order valence-corrected chi connectivity index (χ1v) is 10.0. The minimum absolute atomic E-state index is 0.195. The fraction of sp³-hybridized carbons (Fsp3) is 0.0370. The van der Waals surface area contributed by atoms with Crippen molar-refractivity contribution in [2.45, 2.75) is 6.92 Å². The summed E-state index contributed by atoms with van der Waals surface area (Å²) in [5, 5.41) is 5.77. The third-order valence-electron chi connectivity index (χ3n) is 5.46. The van der Waals surface area contributed by atoms with Gasteiger partial charge in [-0.2, -0.15) is 0 Å². The molecule has 0 aliphatic rings. The van der Waals surface area contributed by atoms with Gasteiger partial charge in [-0.15, -0.1) is 0 Å². The summed E-state index contributed by atoms with van der Waals surface area (Å²) in [7, 11) is 0. The number of fused-ring (bicyclic) bond motifs is 2. The molecule has 5 rings (SSSR count). The standard InChI is InChI=1S/C27H19NO3/c1-17-13-14-23(22-11-4-3-10-21(17)22)26(29)28-20-9-6-8-18(15-20)24-16-19-7-2-5-12-25(19)31-27(24)30/h2-16H,1H3,(H,28,29). The van der Waals surface area contributed by atoms with Crippen molar-refractivity contribution < 1.29 is 9.21 Å². The predicted octanol–water partition coefficient (Wildman–Crippen LogP) is 6.17. The maximum Gasteiger partial charge on any atom is 0.344 e. The van der Waals surface area contributed by atoms with E-state index in [1.54, 1.807) is 18.2 Å². The molecule has 4 nitrogen and oxygen atoms in total. The fourth-order valence-corrected chi connectivity index (χ4v) is 3.87. The number of anilines is 1. The number of hydrogen-bond acceptors (Lipinski definition) is 3. The van der Waals surface area contributed by atoms with Crippen molar-refractivity contribution in [1.29, 1.82) is 0 Å². The monoisotopic (exact) mass is 405 g/mol. The van der Waals surface area contributed by atoms with E-state index in [1.807, 2.05) is 79.7 Å². The summed E-state index contributed by atoms with van der Waals surface area (Å²) in [5.74, 6) is -0.195. The van der Waals surface area contributed by atoms with E-state index in [9.17, 15) is 9.59 Å². The molecule has 150 valence electrons. The molecule has 1 aromatic heterocycles. The summed E-state index contributed by atoms with van der Waals surface area (Å²) in [4.78, 5) is 25.6. The molecule has 0 bridgehead atoms.